The predicted octanol–water partition coefficient (Wildman–Crippen LogP) is 2.24. The first-order chi connectivity index (χ1) is 8.53. The van der Waals surface area contributed by atoms with Gasteiger partial charge in [0, 0.05) is 12.2 Å². The first-order valence-electron chi connectivity index (χ1n) is 6.39. The van der Waals surface area contributed by atoms with Crippen LogP contribution in [-0.4, -0.2) is 18.1 Å². The van der Waals surface area contributed by atoms with Gasteiger partial charge in [0.1, 0.15) is 0 Å². The van der Waals surface area contributed by atoms with Crippen LogP contribution >= 0.6 is 0 Å². The van der Waals surface area contributed by atoms with Crippen molar-refractivity contribution in [2.75, 3.05) is 11.9 Å². The molecule has 1 saturated carbocycles. The molecule has 1 aliphatic carbocycles. The van der Waals surface area contributed by atoms with Crippen molar-refractivity contribution in [3.63, 3.8) is 0 Å². The molecule has 0 radical (unpaired) electrons. The molecule has 1 unspecified atom stereocenters. The molecule has 0 heterocycles. The second-order valence-corrected chi connectivity index (χ2v) is 5.34. The van der Waals surface area contributed by atoms with Gasteiger partial charge in [-0.15, -0.1) is 0 Å². The van der Waals surface area contributed by atoms with Gasteiger partial charge in [-0.2, -0.15) is 0 Å². The number of urea groups is 1. The van der Waals surface area contributed by atoms with Crippen LogP contribution in [0.5, 0.6) is 0 Å². The summed E-state index contributed by atoms with van der Waals surface area (Å²) in [4.78, 5) is 12.0. The zero-order chi connectivity index (χ0) is 13.2. The summed E-state index contributed by atoms with van der Waals surface area (Å²) in [6.45, 7) is 4.48. The maximum absolute atomic E-state index is 12.0. The summed E-state index contributed by atoms with van der Waals surface area (Å²) in [5, 5.41) is 5.85. The van der Waals surface area contributed by atoms with Gasteiger partial charge in [-0.25, -0.2) is 4.79 Å². The molecular weight excluding hydrogens is 226 g/mol. The zero-order valence-corrected chi connectivity index (χ0v) is 11.0. The first-order valence-corrected chi connectivity index (χ1v) is 6.39. The monoisotopic (exact) mass is 247 g/mol. The highest BCUT2D eigenvalue weighted by Gasteiger charge is 2.41. The molecule has 4 N–H and O–H groups in total. The molecule has 2 rings (SSSR count). The fourth-order valence-corrected chi connectivity index (χ4v) is 2.18. The molecule has 0 spiro atoms. The highest BCUT2D eigenvalue weighted by molar-refractivity contribution is 5.89. The Hall–Kier alpha value is -1.55. The third kappa shape index (κ3) is 3.01. The maximum Gasteiger partial charge on any atom is 0.319 e. The van der Waals surface area contributed by atoms with Gasteiger partial charge in [-0.3, -0.25) is 0 Å². The molecule has 18 heavy (non-hydrogen) atoms. The number of aryl methyl sites for hydroxylation is 1. The van der Waals surface area contributed by atoms with E-state index in [9.17, 15) is 4.79 Å². The fraction of sp³-hybridized carbons (Fsp3) is 0.500. The summed E-state index contributed by atoms with van der Waals surface area (Å²) in [7, 11) is 0. The van der Waals surface area contributed by atoms with E-state index >= 15 is 0 Å². The van der Waals surface area contributed by atoms with Crippen molar-refractivity contribution in [3.8, 4) is 0 Å². The second-order valence-electron chi connectivity index (χ2n) is 5.34. The average molecular weight is 247 g/mol. The van der Waals surface area contributed by atoms with Crippen molar-refractivity contribution in [1.29, 1.82) is 0 Å². The van der Waals surface area contributed by atoms with Gasteiger partial charge in [0.15, 0.2) is 0 Å². The lowest BCUT2D eigenvalue weighted by Gasteiger charge is -2.29. The van der Waals surface area contributed by atoms with Gasteiger partial charge in [0.05, 0.1) is 5.54 Å². The molecule has 1 aromatic carbocycles. The Morgan fingerprint density at radius 1 is 1.50 bits per heavy atom. The molecule has 0 aromatic heterocycles. The highest BCUT2D eigenvalue weighted by Crippen LogP contribution is 2.38. The van der Waals surface area contributed by atoms with E-state index in [1.165, 1.54) is 0 Å². The Morgan fingerprint density at radius 2 is 2.22 bits per heavy atom. The van der Waals surface area contributed by atoms with Crippen LogP contribution in [0.3, 0.4) is 0 Å². The van der Waals surface area contributed by atoms with Crippen molar-refractivity contribution in [2.45, 2.75) is 32.2 Å². The number of benzene rings is 1. The van der Waals surface area contributed by atoms with Crippen molar-refractivity contribution in [3.05, 3.63) is 29.8 Å². The Balaban J connectivity index is 1.96. The first kappa shape index (κ1) is 12.9. The molecule has 0 aliphatic heterocycles. The van der Waals surface area contributed by atoms with E-state index in [1.807, 2.05) is 38.1 Å². The van der Waals surface area contributed by atoms with E-state index in [0.29, 0.717) is 12.5 Å². The summed E-state index contributed by atoms with van der Waals surface area (Å²) < 4.78 is 0. The number of amides is 2. The summed E-state index contributed by atoms with van der Waals surface area (Å²) in [6, 6.07) is 7.56. The minimum atomic E-state index is -0.284. The van der Waals surface area contributed by atoms with Gasteiger partial charge in [0.2, 0.25) is 0 Å². The Kier molecular flexibility index (Phi) is 3.57. The lowest BCUT2D eigenvalue weighted by atomic mass is 9.96. The summed E-state index contributed by atoms with van der Waals surface area (Å²) in [5.41, 5.74) is 7.42. The normalized spacial score (nSPS) is 17.9. The molecule has 98 valence electrons. The third-order valence-electron chi connectivity index (χ3n) is 3.58. The van der Waals surface area contributed by atoms with Crippen molar-refractivity contribution < 1.29 is 4.79 Å². The van der Waals surface area contributed by atoms with Gasteiger partial charge in [0.25, 0.3) is 0 Å². The van der Waals surface area contributed by atoms with Gasteiger partial charge in [-0.1, -0.05) is 12.1 Å². The average Bonchev–Trinajstić information content (AvgIpc) is 3.12. The minimum absolute atomic E-state index is 0.180. The lowest BCUT2D eigenvalue weighted by Crippen LogP contribution is -2.54. The Morgan fingerprint density at radius 3 is 2.78 bits per heavy atom. The van der Waals surface area contributed by atoms with E-state index in [1.54, 1.807) is 0 Å². The number of nitrogens with one attached hydrogen (secondary N) is 2. The Bertz CT molecular complexity index is 442. The van der Waals surface area contributed by atoms with E-state index in [4.69, 9.17) is 5.73 Å². The molecule has 0 saturated heterocycles. The quantitative estimate of drug-likeness (QED) is 0.764. The van der Waals surface area contributed by atoms with Gasteiger partial charge in [-0.05, 0) is 50.3 Å². The van der Waals surface area contributed by atoms with Crippen LogP contribution in [0, 0.1) is 12.8 Å². The van der Waals surface area contributed by atoms with Crippen LogP contribution in [-0.2, 0) is 0 Å². The predicted molar refractivity (Wildman–Crippen MR) is 73.5 cm³/mol. The van der Waals surface area contributed by atoms with E-state index in [2.05, 4.69) is 10.6 Å². The number of anilines is 1. The summed E-state index contributed by atoms with van der Waals surface area (Å²) in [6.07, 6.45) is 2.30. The molecule has 1 atom stereocenters. The van der Waals surface area contributed by atoms with Crippen molar-refractivity contribution in [2.24, 2.45) is 11.7 Å². The number of carbonyl (C=O) groups is 1. The third-order valence-corrected chi connectivity index (χ3v) is 3.58. The summed E-state index contributed by atoms with van der Waals surface area (Å²) >= 11 is 0. The maximum atomic E-state index is 12.0. The highest BCUT2D eigenvalue weighted by atomic mass is 16.2. The van der Waals surface area contributed by atoms with Crippen LogP contribution in [0.2, 0.25) is 0 Å². The molecule has 1 aromatic rings. The van der Waals surface area contributed by atoms with E-state index in [0.717, 1.165) is 24.1 Å². The van der Waals surface area contributed by atoms with Crippen molar-refractivity contribution >= 4 is 11.7 Å². The zero-order valence-electron chi connectivity index (χ0n) is 11.0. The molecule has 0 bridgehead atoms. The SMILES string of the molecule is Cc1cccc(NC(=O)NC(C)(CN)C2CC2)c1. The van der Waals surface area contributed by atoms with E-state index < -0.39 is 0 Å². The number of hydrogen-bond donors (Lipinski definition) is 3. The van der Waals surface area contributed by atoms with Crippen LogP contribution < -0.4 is 16.4 Å². The molecular formula is C14H21N3O. The largest absolute Gasteiger partial charge is 0.331 e. The molecule has 2 amide bonds. The number of nitrogens with two attached hydrogens (primary N) is 1. The fourth-order valence-electron chi connectivity index (χ4n) is 2.18. The number of carbonyl (C=O) groups excluding carboxylic acids is 1. The lowest BCUT2D eigenvalue weighted by molar-refractivity contribution is 0.234. The van der Waals surface area contributed by atoms with Gasteiger partial charge >= 0.3 is 6.03 Å². The Labute approximate surface area is 108 Å². The van der Waals surface area contributed by atoms with Crippen LogP contribution in [0.15, 0.2) is 24.3 Å². The topological polar surface area (TPSA) is 67.2 Å². The number of rotatable bonds is 4. The molecule has 4 nitrogen and oxygen atoms in total. The smallest absolute Gasteiger partial charge is 0.319 e. The molecule has 1 fully saturated rings. The van der Waals surface area contributed by atoms with Crippen LogP contribution in [0.25, 0.3) is 0 Å². The molecule has 1 aliphatic rings. The minimum Gasteiger partial charge on any atom is -0.331 e. The van der Waals surface area contributed by atoms with Crippen LogP contribution in [0.1, 0.15) is 25.3 Å². The molecule has 4 heteroatoms. The standard InChI is InChI=1S/C14H21N3O/c1-10-4-3-5-12(8-10)16-13(18)17-14(2,9-15)11-6-7-11/h3-5,8,11H,6-7,9,15H2,1-2H3,(H2,16,17,18). The second kappa shape index (κ2) is 4.98. The van der Waals surface area contributed by atoms with Crippen LogP contribution in [0.4, 0.5) is 10.5 Å². The van der Waals surface area contributed by atoms with Gasteiger partial charge < -0.3 is 16.4 Å². The van der Waals surface area contributed by atoms with E-state index in [-0.39, 0.29) is 11.6 Å². The summed E-state index contributed by atoms with van der Waals surface area (Å²) in [5.74, 6) is 0.519. The van der Waals surface area contributed by atoms with Crippen molar-refractivity contribution in [1.82, 2.24) is 5.32 Å². The number of hydrogen-bond acceptors (Lipinski definition) is 2.